The summed E-state index contributed by atoms with van der Waals surface area (Å²) in [4.78, 5) is 10.5. The van der Waals surface area contributed by atoms with Gasteiger partial charge >= 0.3 is 5.97 Å². The van der Waals surface area contributed by atoms with Crippen molar-refractivity contribution in [3.05, 3.63) is 23.8 Å². The van der Waals surface area contributed by atoms with Crippen LogP contribution >= 0.6 is 0 Å². The van der Waals surface area contributed by atoms with Crippen LogP contribution in [0, 0.1) is 0 Å². The van der Waals surface area contributed by atoms with E-state index in [1.165, 1.54) is 6.07 Å². The summed E-state index contributed by atoms with van der Waals surface area (Å²) in [6.07, 6.45) is 0. The third-order valence-electron chi connectivity index (χ3n) is 1.49. The number of aromatic carboxylic acids is 1. The molecule has 0 heterocycles. The van der Waals surface area contributed by atoms with Crippen molar-refractivity contribution in [3.8, 4) is 5.75 Å². The van der Waals surface area contributed by atoms with Crippen molar-refractivity contribution in [2.24, 2.45) is 5.14 Å². The number of carboxylic acid groups (broad SMARTS) is 1. The van der Waals surface area contributed by atoms with E-state index < -0.39 is 21.9 Å². The smallest absolute Gasteiger partial charge is 0.339 e. The Morgan fingerprint density at radius 3 is 2.40 bits per heavy atom. The van der Waals surface area contributed by atoms with Crippen LogP contribution in [-0.4, -0.2) is 24.6 Å². The van der Waals surface area contributed by atoms with Crippen LogP contribution in [0.2, 0.25) is 0 Å². The number of aromatic hydroxyl groups is 1. The van der Waals surface area contributed by atoms with Gasteiger partial charge in [-0.3, -0.25) is 4.72 Å². The standard InChI is InChI=1S/C7H8N2O5S/c8-15(13,14)9-4-1-2-5(7(11)12)6(10)3-4/h1-3,9-10H,(H,11,12)(H2,8,13,14). The molecule has 0 spiro atoms. The van der Waals surface area contributed by atoms with Gasteiger partial charge in [0.1, 0.15) is 11.3 Å². The first-order valence-electron chi connectivity index (χ1n) is 3.66. The van der Waals surface area contributed by atoms with Crippen LogP contribution in [0.5, 0.6) is 5.75 Å². The fraction of sp³-hybridized carbons (Fsp3) is 0. The molecule has 5 N–H and O–H groups in total. The minimum Gasteiger partial charge on any atom is -0.507 e. The van der Waals surface area contributed by atoms with Gasteiger partial charge < -0.3 is 10.2 Å². The van der Waals surface area contributed by atoms with Gasteiger partial charge in [-0.2, -0.15) is 8.42 Å². The van der Waals surface area contributed by atoms with Crippen LogP contribution in [-0.2, 0) is 10.2 Å². The molecule has 0 saturated heterocycles. The van der Waals surface area contributed by atoms with E-state index in [1.807, 2.05) is 4.72 Å². The molecule has 0 fully saturated rings. The summed E-state index contributed by atoms with van der Waals surface area (Å²) < 4.78 is 23.1. The Morgan fingerprint density at radius 2 is 2.00 bits per heavy atom. The predicted octanol–water partition coefficient (Wildman–Crippen LogP) is -0.294. The predicted molar refractivity (Wildman–Crippen MR) is 51.8 cm³/mol. The zero-order valence-corrected chi connectivity index (χ0v) is 8.15. The second-order valence-electron chi connectivity index (χ2n) is 2.68. The quantitative estimate of drug-likeness (QED) is 0.568. The van der Waals surface area contributed by atoms with Crippen molar-refractivity contribution < 1.29 is 23.4 Å². The van der Waals surface area contributed by atoms with Gasteiger partial charge in [-0.15, -0.1) is 0 Å². The number of benzene rings is 1. The van der Waals surface area contributed by atoms with Gasteiger partial charge in [0.05, 0.1) is 5.69 Å². The Balaban J connectivity index is 3.07. The molecule has 0 aliphatic heterocycles. The van der Waals surface area contributed by atoms with Crippen molar-refractivity contribution in [1.29, 1.82) is 0 Å². The van der Waals surface area contributed by atoms with E-state index in [9.17, 15) is 18.3 Å². The second kappa shape index (κ2) is 3.75. The van der Waals surface area contributed by atoms with Gasteiger partial charge in [-0.1, -0.05) is 0 Å². The van der Waals surface area contributed by atoms with E-state index in [0.29, 0.717) is 0 Å². The lowest BCUT2D eigenvalue weighted by molar-refractivity contribution is 0.0694. The lowest BCUT2D eigenvalue weighted by Gasteiger charge is -2.05. The number of carboxylic acids is 1. The number of hydrogen-bond donors (Lipinski definition) is 4. The van der Waals surface area contributed by atoms with Crippen LogP contribution < -0.4 is 9.86 Å². The number of anilines is 1. The molecule has 0 saturated carbocycles. The summed E-state index contributed by atoms with van der Waals surface area (Å²) in [6.45, 7) is 0. The van der Waals surface area contributed by atoms with E-state index in [1.54, 1.807) is 0 Å². The van der Waals surface area contributed by atoms with Gasteiger partial charge in [0.25, 0.3) is 10.2 Å². The van der Waals surface area contributed by atoms with Crippen molar-refractivity contribution >= 4 is 21.9 Å². The van der Waals surface area contributed by atoms with Gasteiger partial charge in [0.15, 0.2) is 0 Å². The maximum Gasteiger partial charge on any atom is 0.339 e. The molecule has 0 atom stereocenters. The third kappa shape index (κ3) is 3.11. The van der Waals surface area contributed by atoms with Crippen LogP contribution in [0.1, 0.15) is 10.4 Å². The van der Waals surface area contributed by atoms with Gasteiger partial charge in [-0.25, -0.2) is 9.93 Å². The molecule has 1 aromatic carbocycles. The van der Waals surface area contributed by atoms with Crippen LogP contribution in [0.15, 0.2) is 18.2 Å². The Kier molecular flexibility index (Phi) is 2.82. The van der Waals surface area contributed by atoms with E-state index in [-0.39, 0.29) is 11.3 Å². The number of carbonyl (C=O) groups is 1. The average molecular weight is 232 g/mol. The van der Waals surface area contributed by atoms with E-state index in [4.69, 9.17) is 5.11 Å². The molecule has 82 valence electrons. The molecular weight excluding hydrogens is 224 g/mol. The van der Waals surface area contributed by atoms with Crippen molar-refractivity contribution in [2.75, 3.05) is 4.72 Å². The molecule has 15 heavy (non-hydrogen) atoms. The highest BCUT2D eigenvalue weighted by atomic mass is 32.2. The Hall–Kier alpha value is -1.80. The topological polar surface area (TPSA) is 130 Å². The Morgan fingerprint density at radius 1 is 1.40 bits per heavy atom. The maximum absolute atomic E-state index is 10.6. The van der Waals surface area contributed by atoms with Crippen LogP contribution in [0.4, 0.5) is 5.69 Å². The molecule has 0 radical (unpaired) electrons. The highest BCUT2D eigenvalue weighted by molar-refractivity contribution is 7.90. The van der Waals surface area contributed by atoms with E-state index >= 15 is 0 Å². The molecule has 1 rings (SSSR count). The highest BCUT2D eigenvalue weighted by Gasteiger charge is 2.11. The average Bonchev–Trinajstić information content (AvgIpc) is 1.99. The lowest BCUT2D eigenvalue weighted by Crippen LogP contribution is -2.21. The first kappa shape index (κ1) is 11.3. The molecule has 8 heteroatoms. The SMILES string of the molecule is NS(=O)(=O)Nc1ccc(C(=O)O)c(O)c1. The number of nitrogens with two attached hydrogens (primary N) is 1. The Labute approximate surface area is 85.3 Å². The minimum absolute atomic E-state index is 0.0139. The second-order valence-corrected chi connectivity index (χ2v) is 3.98. The zero-order valence-electron chi connectivity index (χ0n) is 7.34. The maximum atomic E-state index is 10.6. The van der Waals surface area contributed by atoms with Crippen molar-refractivity contribution in [1.82, 2.24) is 0 Å². The fourth-order valence-corrected chi connectivity index (χ4v) is 1.40. The molecule has 0 aliphatic carbocycles. The molecule has 7 nitrogen and oxygen atoms in total. The van der Waals surface area contributed by atoms with E-state index in [2.05, 4.69) is 5.14 Å². The number of nitrogens with one attached hydrogen (secondary N) is 1. The van der Waals surface area contributed by atoms with Crippen LogP contribution in [0.3, 0.4) is 0 Å². The molecule has 0 bridgehead atoms. The molecule has 0 aromatic heterocycles. The number of rotatable bonds is 3. The minimum atomic E-state index is -3.94. The van der Waals surface area contributed by atoms with E-state index in [0.717, 1.165) is 12.1 Å². The summed E-state index contributed by atoms with van der Waals surface area (Å²) in [5.41, 5.74) is -0.338. The number of hydrogen-bond acceptors (Lipinski definition) is 4. The number of phenols is 1. The first-order chi connectivity index (χ1) is 6.79. The van der Waals surface area contributed by atoms with Crippen molar-refractivity contribution in [2.45, 2.75) is 0 Å². The van der Waals surface area contributed by atoms with Gasteiger partial charge in [-0.05, 0) is 12.1 Å². The summed E-state index contributed by atoms with van der Waals surface area (Å²) in [7, 11) is -3.94. The first-order valence-corrected chi connectivity index (χ1v) is 5.21. The lowest BCUT2D eigenvalue weighted by atomic mass is 10.2. The molecule has 1 aromatic rings. The summed E-state index contributed by atoms with van der Waals surface area (Å²) in [5, 5.41) is 22.4. The van der Waals surface area contributed by atoms with Gasteiger partial charge in [0, 0.05) is 6.07 Å². The largest absolute Gasteiger partial charge is 0.507 e. The summed E-state index contributed by atoms with van der Waals surface area (Å²) >= 11 is 0. The van der Waals surface area contributed by atoms with Crippen LogP contribution in [0.25, 0.3) is 0 Å². The molecule has 0 aliphatic rings. The highest BCUT2D eigenvalue weighted by Crippen LogP contribution is 2.22. The monoisotopic (exact) mass is 232 g/mol. The normalized spacial score (nSPS) is 11.0. The fourth-order valence-electron chi connectivity index (χ4n) is 0.940. The summed E-state index contributed by atoms with van der Waals surface area (Å²) in [6, 6.07) is 3.19. The summed E-state index contributed by atoms with van der Waals surface area (Å²) in [5.74, 6) is -1.86. The molecular formula is C7H8N2O5S. The zero-order chi connectivity index (χ0) is 11.6. The molecule has 0 amide bonds. The Bertz CT molecular complexity index is 496. The molecule has 0 unspecified atom stereocenters. The van der Waals surface area contributed by atoms with Gasteiger partial charge in [0.2, 0.25) is 0 Å². The third-order valence-corrected chi connectivity index (χ3v) is 2.01. The van der Waals surface area contributed by atoms with Crippen molar-refractivity contribution in [3.63, 3.8) is 0 Å².